The van der Waals surface area contributed by atoms with Gasteiger partial charge in [-0.25, -0.2) is 9.97 Å². The van der Waals surface area contributed by atoms with Crippen LogP contribution in [0.4, 0.5) is 0 Å². The van der Waals surface area contributed by atoms with Crippen molar-refractivity contribution in [1.82, 2.24) is 24.5 Å². The average Bonchev–Trinajstić information content (AvgIpc) is 3.71. The molecule has 0 aliphatic rings. The lowest BCUT2D eigenvalue weighted by Gasteiger charge is -2.15. The highest BCUT2D eigenvalue weighted by atomic mass is 15.0. The van der Waals surface area contributed by atoms with Crippen LogP contribution in [0.5, 0.6) is 0 Å². The van der Waals surface area contributed by atoms with E-state index >= 15 is 0 Å². The molecule has 0 radical (unpaired) electrons. The van der Waals surface area contributed by atoms with Crippen molar-refractivity contribution >= 4 is 43.5 Å². The van der Waals surface area contributed by atoms with Crippen molar-refractivity contribution in [2.24, 2.45) is 0 Å². The minimum absolute atomic E-state index is 0.912. The minimum atomic E-state index is 0.912. The highest BCUT2D eigenvalue weighted by Gasteiger charge is 2.20. The number of aromatic nitrogens is 5. The van der Waals surface area contributed by atoms with Crippen LogP contribution in [-0.4, -0.2) is 24.5 Å². The van der Waals surface area contributed by atoms with Gasteiger partial charge in [-0.3, -0.25) is 9.97 Å². The molecule has 0 fully saturated rings. The van der Waals surface area contributed by atoms with Gasteiger partial charge in [-0.05, 0) is 94.0 Å². The summed E-state index contributed by atoms with van der Waals surface area (Å²) in [5.74, 6) is 0. The molecule has 0 saturated heterocycles. The van der Waals surface area contributed by atoms with Gasteiger partial charge in [0.25, 0.3) is 0 Å². The van der Waals surface area contributed by atoms with Gasteiger partial charge in [0.1, 0.15) is 0 Å². The Morgan fingerprint density at radius 3 is 1.44 bits per heavy atom. The standard InChI is InChI=1S/C58H37N5/c1-2-8-45(9-3-1)57-51-27-26-49-48-10-5-7-13-55(48)63(58(49)56(51)50-11-4-6-12-52(50)62-57)47-24-22-40(23-25-47)46-36-53(43-18-14-38(15-19-43)41-28-32-59-33-29-41)61-54(37-46)44-20-16-39(17-21-44)42-30-34-60-35-31-42/h1-37H. The summed E-state index contributed by atoms with van der Waals surface area (Å²) < 4.78 is 2.44. The smallest absolute Gasteiger partial charge is 0.0788 e. The van der Waals surface area contributed by atoms with Crippen molar-refractivity contribution in [3.8, 4) is 72.8 Å². The van der Waals surface area contributed by atoms with Crippen LogP contribution >= 0.6 is 0 Å². The van der Waals surface area contributed by atoms with Crippen molar-refractivity contribution in [2.45, 2.75) is 0 Å². The van der Waals surface area contributed by atoms with Gasteiger partial charge < -0.3 is 4.57 Å². The number of para-hydroxylation sites is 2. The maximum absolute atomic E-state index is 5.28. The number of pyridine rings is 4. The third-order valence-corrected chi connectivity index (χ3v) is 12.2. The average molecular weight is 804 g/mol. The molecule has 5 aromatic heterocycles. The normalized spacial score (nSPS) is 11.5. The van der Waals surface area contributed by atoms with Crippen LogP contribution in [0.25, 0.3) is 116 Å². The molecule has 0 spiro atoms. The molecule has 7 aromatic carbocycles. The first kappa shape index (κ1) is 36.3. The van der Waals surface area contributed by atoms with E-state index in [0.29, 0.717) is 0 Å². The first-order valence-corrected chi connectivity index (χ1v) is 21.2. The molecule has 0 atom stereocenters. The molecule has 0 unspecified atom stereocenters. The third kappa shape index (κ3) is 6.42. The summed E-state index contributed by atoms with van der Waals surface area (Å²) in [6, 6.07) is 71.2. The van der Waals surface area contributed by atoms with E-state index in [9.17, 15) is 0 Å². The second kappa shape index (κ2) is 15.2. The fourth-order valence-corrected chi connectivity index (χ4v) is 9.13. The number of fused-ring (bicyclic) bond motifs is 7. The highest BCUT2D eigenvalue weighted by molar-refractivity contribution is 6.26. The van der Waals surface area contributed by atoms with E-state index in [2.05, 4.69) is 190 Å². The van der Waals surface area contributed by atoms with Crippen LogP contribution in [-0.2, 0) is 0 Å². The lowest BCUT2D eigenvalue weighted by atomic mass is 9.97. The van der Waals surface area contributed by atoms with Gasteiger partial charge in [-0.2, -0.15) is 0 Å². The van der Waals surface area contributed by atoms with Crippen LogP contribution in [0.2, 0.25) is 0 Å². The van der Waals surface area contributed by atoms with Gasteiger partial charge in [0.15, 0.2) is 0 Å². The number of hydrogen-bond donors (Lipinski definition) is 0. The van der Waals surface area contributed by atoms with E-state index in [1.54, 1.807) is 0 Å². The molecule has 0 bridgehead atoms. The van der Waals surface area contributed by atoms with Crippen molar-refractivity contribution < 1.29 is 0 Å². The van der Waals surface area contributed by atoms with Gasteiger partial charge in [0.2, 0.25) is 0 Å². The Morgan fingerprint density at radius 2 is 0.810 bits per heavy atom. The molecule has 5 heterocycles. The molecule has 12 aromatic rings. The maximum Gasteiger partial charge on any atom is 0.0788 e. The molecule has 5 nitrogen and oxygen atoms in total. The molecule has 12 rings (SSSR count). The maximum atomic E-state index is 5.28. The van der Waals surface area contributed by atoms with E-state index in [1.807, 2.05) is 49.1 Å². The SMILES string of the molecule is c1ccc(-c2nc3ccccc3c3c2ccc2c4ccccc4n(-c4ccc(-c5cc(-c6ccc(-c7ccncc7)cc6)nc(-c6ccc(-c7ccncc7)cc6)c5)cc4)c23)cc1. The predicted octanol–water partition coefficient (Wildman–Crippen LogP) is 14.7. The van der Waals surface area contributed by atoms with Crippen LogP contribution in [0, 0.1) is 0 Å². The summed E-state index contributed by atoms with van der Waals surface area (Å²) in [5.41, 5.74) is 17.2. The van der Waals surface area contributed by atoms with E-state index in [1.165, 1.54) is 21.7 Å². The summed E-state index contributed by atoms with van der Waals surface area (Å²) in [4.78, 5) is 18.9. The third-order valence-electron chi connectivity index (χ3n) is 12.2. The van der Waals surface area contributed by atoms with Crippen LogP contribution in [0.1, 0.15) is 0 Å². The Kier molecular flexibility index (Phi) is 8.75. The van der Waals surface area contributed by atoms with E-state index in [4.69, 9.17) is 9.97 Å². The number of rotatable bonds is 7. The lowest BCUT2D eigenvalue weighted by Crippen LogP contribution is -1.97. The lowest BCUT2D eigenvalue weighted by molar-refractivity contribution is 1.19. The van der Waals surface area contributed by atoms with E-state index in [-0.39, 0.29) is 0 Å². The Labute approximate surface area is 364 Å². The van der Waals surface area contributed by atoms with Crippen molar-refractivity contribution in [3.05, 3.63) is 225 Å². The highest BCUT2D eigenvalue weighted by Crippen LogP contribution is 2.42. The molecule has 0 saturated carbocycles. The van der Waals surface area contributed by atoms with Crippen molar-refractivity contribution in [3.63, 3.8) is 0 Å². The Hall–Kier alpha value is -8.54. The Morgan fingerprint density at radius 1 is 0.317 bits per heavy atom. The largest absolute Gasteiger partial charge is 0.309 e. The molecule has 294 valence electrons. The first-order valence-electron chi connectivity index (χ1n) is 21.2. The van der Waals surface area contributed by atoms with E-state index < -0.39 is 0 Å². The van der Waals surface area contributed by atoms with Crippen LogP contribution < -0.4 is 0 Å². The molecular weight excluding hydrogens is 767 g/mol. The molecule has 63 heavy (non-hydrogen) atoms. The van der Waals surface area contributed by atoms with Crippen LogP contribution in [0.3, 0.4) is 0 Å². The molecule has 0 aliphatic carbocycles. The number of benzene rings is 7. The van der Waals surface area contributed by atoms with Gasteiger partial charge >= 0.3 is 0 Å². The zero-order chi connectivity index (χ0) is 41.7. The van der Waals surface area contributed by atoms with Gasteiger partial charge in [0, 0.05) is 74.1 Å². The Balaban J connectivity index is 1.02. The molecule has 0 amide bonds. The summed E-state index contributed by atoms with van der Waals surface area (Å²) >= 11 is 0. The van der Waals surface area contributed by atoms with Crippen molar-refractivity contribution in [2.75, 3.05) is 0 Å². The molecule has 5 heteroatoms. The second-order valence-electron chi connectivity index (χ2n) is 15.9. The fourth-order valence-electron chi connectivity index (χ4n) is 9.13. The quantitative estimate of drug-likeness (QED) is 0.151. The monoisotopic (exact) mass is 803 g/mol. The predicted molar refractivity (Wildman–Crippen MR) is 260 cm³/mol. The minimum Gasteiger partial charge on any atom is -0.309 e. The summed E-state index contributed by atoms with van der Waals surface area (Å²) in [7, 11) is 0. The topological polar surface area (TPSA) is 56.5 Å². The Bertz CT molecular complexity index is 3520. The van der Waals surface area contributed by atoms with Crippen LogP contribution in [0.15, 0.2) is 225 Å². The van der Waals surface area contributed by atoms with Gasteiger partial charge in [0.05, 0.1) is 33.6 Å². The first-order chi connectivity index (χ1) is 31.2. The number of nitrogens with zero attached hydrogens (tertiary/aromatic N) is 5. The molecular formula is C58H37N5. The van der Waals surface area contributed by atoms with Gasteiger partial charge in [-0.1, -0.05) is 140 Å². The molecule has 0 aliphatic heterocycles. The van der Waals surface area contributed by atoms with Crippen molar-refractivity contribution in [1.29, 1.82) is 0 Å². The zero-order valence-electron chi connectivity index (χ0n) is 34.1. The zero-order valence-corrected chi connectivity index (χ0v) is 34.1. The van der Waals surface area contributed by atoms with E-state index in [0.717, 1.165) is 94.6 Å². The number of hydrogen-bond acceptors (Lipinski definition) is 4. The van der Waals surface area contributed by atoms with Gasteiger partial charge in [-0.15, -0.1) is 0 Å². The summed E-state index contributed by atoms with van der Waals surface area (Å²) in [6.07, 6.45) is 7.32. The summed E-state index contributed by atoms with van der Waals surface area (Å²) in [6.45, 7) is 0. The summed E-state index contributed by atoms with van der Waals surface area (Å²) in [5, 5.41) is 5.90. The molecule has 0 N–H and O–H groups in total. The fraction of sp³-hybridized carbons (Fsp3) is 0. The second-order valence-corrected chi connectivity index (χ2v) is 15.9.